The van der Waals surface area contributed by atoms with Crippen LogP contribution in [0, 0.1) is 0 Å². The standard InChI is InChI=1S/C17H14BrClN2/c1-20-17(13-8-7-12(19)10-15(13)18)14-6-2-4-11-5-3-9-21-16(11)14/h2-10,17,20H,1H3. The van der Waals surface area contributed by atoms with E-state index in [0.29, 0.717) is 0 Å². The van der Waals surface area contributed by atoms with Crippen molar-refractivity contribution >= 4 is 38.4 Å². The molecule has 21 heavy (non-hydrogen) atoms. The third kappa shape index (κ3) is 2.82. The molecule has 1 N–H and O–H groups in total. The first-order valence-electron chi connectivity index (χ1n) is 6.66. The van der Waals surface area contributed by atoms with Gasteiger partial charge in [-0.3, -0.25) is 4.98 Å². The zero-order chi connectivity index (χ0) is 14.8. The molecule has 0 radical (unpaired) electrons. The van der Waals surface area contributed by atoms with Gasteiger partial charge in [0, 0.05) is 21.1 Å². The predicted octanol–water partition coefficient (Wildman–Crippen LogP) is 4.96. The lowest BCUT2D eigenvalue weighted by atomic mass is 9.96. The molecule has 1 atom stereocenters. The molecule has 0 saturated heterocycles. The van der Waals surface area contributed by atoms with E-state index in [1.165, 1.54) is 0 Å². The summed E-state index contributed by atoms with van der Waals surface area (Å²) in [6, 6.07) is 16.2. The summed E-state index contributed by atoms with van der Waals surface area (Å²) in [5.41, 5.74) is 3.31. The lowest BCUT2D eigenvalue weighted by Crippen LogP contribution is -2.18. The van der Waals surface area contributed by atoms with Gasteiger partial charge < -0.3 is 5.32 Å². The predicted molar refractivity (Wildman–Crippen MR) is 91.8 cm³/mol. The van der Waals surface area contributed by atoms with Gasteiger partial charge in [0.05, 0.1) is 11.6 Å². The Kier molecular flexibility index (Phi) is 4.24. The molecule has 0 aliphatic heterocycles. The van der Waals surface area contributed by atoms with Crippen LogP contribution >= 0.6 is 27.5 Å². The van der Waals surface area contributed by atoms with E-state index in [-0.39, 0.29) is 6.04 Å². The maximum atomic E-state index is 6.04. The van der Waals surface area contributed by atoms with Gasteiger partial charge in [0.2, 0.25) is 0 Å². The van der Waals surface area contributed by atoms with Crippen molar-refractivity contribution in [1.82, 2.24) is 10.3 Å². The first kappa shape index (κ1) is 14.5. The van der Waals surface area contributed by atoms with Crippen LogP contribution < -0.4 is 5.32 Å². The van der Waals surface area contributed by atoms with Gasteiger partial charge in [0.25, 0.3) is 0 Å². The quantitative estimate of drug-likeness (QED) is 0.713. The molecule has 1 unspecified atom stereocenters. The first-order valence-corrected chi connectivity index (χ1v) is 7.83. The van der Waals surface area contributed by atoms with Crippen molar-refractivity contribution < 1.29 is 0 Å². The van der Waals surface area contributed by atoms with Crippen molar-refractivity contribution in [2.75, 3.05) is 7.05 Å². The van der Waals surface area contributed by atoms with Gasteiger partial charge in [-0.05, 0) is 36.4 Å². The highest BCUT2D eigenvalue weighted by molar-refractivity contribution is 9.10. The number of benzene rings is 2. The molecule has 0 aliphatic rings. The van der Waals surface area contributed by atoms with Gasteiger partial charge >= 0.3 is 0 Å². The average Bonchev–Trinajstić information content (AvgIpc) is 2.50. The van der Waals surface area contributed by atoms with Gasteiger partial charge in [-0.1, -0.05) is 57.9 Å². The van der Waals surface area contributed by atoms with E-state index < -0.39 is 0 Å². The van der Waals surface area contributed by atoms with Crippen molar-refractivity contribution in [1.29, 1.82) is 0 Å². The molecule has 106 valence electrons. The number of hydrogen-bond acceptors (Lipinski definition) is 2. The summed E-state index contributed by atoms with van der Waals surface area (Å²) in [5.74, 6) is 0. The second-order valence-electron chi connectivity index (χ2n) is 4.81. The number of halogens is 2. The second kappa shape index (κ2) is 6.14. The van der Waals surface area contributed by atoms with Crippen LogP contribution in [0.15, 0.2) is 59.2 Å². The fraction of sp³-hybridized carbons (Fsp3) is 0.118. The largest absolute Gasteiger partial charge is 0.309 e. The Morgan fingerprint density at radius 2 is 1.90 bits per heavy atom. The monoisotopic (exact) mass is 360 g/mol. The fourth-order valence-electron chi connectivity index (χ4n) is 2.57. The van der Waals surface area contributed by atoms with Crippen LogP contribution in [0.3, 0.4) is 0 Å². The summed E-state index contributed by atoms with van der Waals surface area (Å²) in [7, 11) is 1.95. The Labute approximate surface area is 137 Å². The molecule has 4 heteroatoms. The number of pyridine rings is 1. The second-order valence-corrected chi connectivity index (χ2v) is 6.10. The zero-order valence-corrected chi connectivity index (χ0v) is 13.8. The van der Waals surface area contributed by atoms with Crippen molar-refractivity contribution in [3.05, 3.63) is 75.4 Å². The Hall–Kier alpha value is -1.42. The minimum atomic E-state index is 0.0511. The van der Waals surface area contributed by atoms with Gasteiger partial charge in [-0.15, -0.1) is 0 Å². The minimum absolute atomic E-state index is 0.0511. The smallest absolute Gasteiger partial charge is 0.0753 e. The zero-order valence-electron chi connectivity index (χ0n) is 11.5. The van der Waals surface area contributed by atoms with Crippen LogP contribution in [0.25, 0.3) is 10.9 Å². The summed E-state index contributed by atoms with van der Waals surface area (Å²) in [6.07, 6.45) is 1.83. The Morgan fingerprint density at radius 3 is 2.67 bits per heavy atom. The summed E-state index contributed by atoms with van der Waals surface area (Å²) in [4.78, 5) is 4.54. The maximum Gasteiger partial charge on any atom is 0.0753 e. The molecule has 0 spiro atoms. The number of nitrogens with zero attached hydrogens (tertiary/aromatic N) is 1. The van der Waals surface area contributed by atoms with E-state index in [9.17, 15) is 0 Å². The summed E-state index contributed by atoms with van der Waals surface area (Å²) >= 11 is 9.65. The summed E-state index contributed by atoms with van der Waals surface area (Å²) in [5, 5.41) is 5.23. The van der Waals surface area contributed by atoms with E-state index in [4.69, 9.17) is 11.6 Å². The van der Waals surface area contributed by atoms with Crippen LogP contribution in [0.4, 0.5) is 0 Å². The molecular weight excluding hydrogens is 348 g/mol. The first-order chi connectivity index (χ1) is 10.2. The molecule has 0 aliphatic carbocycles. The van der Waals surface area contributed by atoms with E-state index in [1.54, 1.807) is 0 Å². The molecule has 2 nitrogen and oxygen atoms in total. The fourth-order valence-corrected chi connectivity index (χ4v) is 3.49. The van der Waals surface area contributed by atoms with Crippen molar-refractivity contribution in [2.24, 2.45) is 0 Å². The summed E-state index contributed by atoms with van der Waals surface area (Å²) < 4.78 is 0.988. The highest BCUT2D eigenvalue weighted by atomic mass is 79.9. The molecule has 0 amide bonds. The third-order valence-corrected chi connectivity index (χ3v) is 4.46. The van der Waals surface area contributed by atoms with Crippen molar-refractivity contribution in [3.63, 3.8) is 0 Å². The maximum absolute atomic E-state index is 6.04. The van der Waals surface area contributed by atoms with Crippen LogP contribution in [-0.2, 0) is 0 Å². The lowest BCUT2D eigenvalue weighted by molar-refractivity contribution is 0.692. The molecule has 1 aromatic heterocycles. The minimum Gasteiger partial charge on any atom is -0.309 e. The number of fused-ring (bicyclic) bond motifs is 1. The van der Waals surface area contributed by atoms with E-state index in [2.05, 4.69) is 50.5 Å². The van der Waals surface area contributed by atoms with Gasteiger partial charge in [0.15, 0.2) is 0 Å². The van der Waals surface area contributed by atoms with Crippen LogP contribution in [0.2, 0.25) is 5.02 Å². The molecule has 0 fully saturated rings. The number of nitrogens with one attached hydrogen (secondary N) is 1. The molecule has 0 saturated carbocycles. The molecule has 1 heterocycles. The molecule has 3 rings (SSSR count). The van der Waals surface area contributed by atoms with Crippen LogP contribution in [0.5, 0.6) is 0 Å². The molecule has 0 bridgehead atoms. The van der Waals surface area contributed by atoms with Gasteiger partial charge in [0.1, 0.15) is 0 Å². The Bertz CT molecular complexity index is 783. The summed E-state index contributed by atoms with van der Waals surface area (Å²) in [6.45, 7) is 0. The van der Waals surface area contributed by atoms with E-state index >= 15 is 0 Å². The lowest BCUT2D eigenvalue weighted by Gasteiger charge is -2.20. The average molecular weight is 362 g/mol. The third-order valence-electron chi connectivity index (χ3n) is 3.54. The number of aromatic nitrogens is 1. The molecule has 2 aromatic carbocycles. The van der Waals surface area contributed by atoms with Crippen molar-refractivity contribution in [2.45, 2.75) is 6.04 Å². The van der Waals surface area contributed by atoms with E-state index in [0.717, 1.165) is 31.5 Å². The van der Waals surface area contributed by atoms with Crippen LogP contribution in [0.1, 0.15) is 17.2 Å². The number of rotatable bonds is 3. The van der Waals surface area contributed by atoms with E-state index in [1.807, 2.05) is 37.5 Å². The normalized spacial score (nSPS) is 12.5. The Morgan fingerprint density at radius 1 is 1.10 bits per heavy atom. The highest BCUT2D eigenvalue weighted by Crippen LogP contribution is 2.33. The van der Waals surface area contributed by atoms with Gasteiger partial charge in [-0.2, -0.15) is 0 Å². The van der Waals surface area contributed by atoms with Crippen molar-refractivity contribution in [3.8, 4) is 0 Å². The highest BCUT2D eigenvalue weighted by Gasteiger charge is 2.18. The molecule has 3 aromatic rings. The van der Waals surface area contributed by atoms with Crippen LogP contribution in [-0.4, -0.2) is 12.0 Å². The Balaban J connectivity index is 2.18. The number of hydrogen-bond donors (Lipinski definition) is 1. The topological polar surface area (TPSA) is 24.9 Å². The van der Waals surface area contributed by atoms with Gasteiger partial charge in [-0.25, -0.2) is 0 Å². The molecular formula is C17H14BrClN2. The SMILES string of the molecule is CNC(c1ccc(Cl)cc1Br)c1cccc2cccnc12. The number of para-hydroxylation sites is 1.